The number of Topliss-reactive ketones (excluding diaryl/α,β-unsaturated/α-hetero) is 1. The number of ether oxygens (including phenoxy) is 1. The van der Waals surface area contributed by atoms with Gasteiger partial charge in [-0.2, -0.15) is 0 Å². The number of aromatic nitrogens is 2. The number of nitrogens with zero attached hydrogens (tertiary/aromatic N) is 3. The van der Waals surface area contributed by atoms with E-state index in [4.69, 9.17) is 22.1 Å². The van der Waals surface area contributed by atoms with Crippen LogP contribution in [0.3, 0.4) is 0 Å². The summed E-state index contributed by atoms with van der Waals surface area (Å²) < 4.78 is 6.33. The van der Waals surface area contributed by atoms with E-state index in [1.54, 1.807) is 0 Å². The van der Waals surface area contributed by atoms with Gasteiger partial charge < -0.3 is 10.5 Å². The number of nitro groups is 1. The van der Waals surface area contributed by atoms with Crippen LogP contribution in [0.4, 0.5) is 11.5 Å². The molecule has 0 aliphatic rings. The van der Waals surface area contributed by atoms with E-state index in [1.165, 1.54) is 13.1 Å². The van der Waals surface area contributed by atoms with Crippen molar-refractivity contribution in [1.82, 2.24) is 9.13 Å². The van der Waals surface area contributed by atoms with E-state index in [0.29, 0.717) is 4.57 Å². The first-order chi connectivity index (χ1) is 12.6. The molecule has 0 saturated carbocycles. The number of carbonyl (C=O) groups is 2. The Hall–Kier alpha value is -3.47. The summed E-state index contributed by atoms with van der Waals surface area (Å²) in [6, 6.07) is 3.25. The number of nitro benzene ring substituents is 1. The number of rotatable bonds is 5. The number of benzene rings is 1. The van der Waals surface area contributed by atoms with Crippen LogP contribution in [-0.4, -0.2) is 32.4 Å². The minimum Gasteiger partial charge on any atom is -0.453 e. The molecule has 0 aliphatic heterocycles. The van der Waals surface area contributed by atoms with Crippen LogP contribution in [0, 0.1) is 10.1 Å². The van der Waals surface area contributed by atoms with Crippen molar-refractivity contribution in [2.45, 2.75) is 0 Å². The minimum atomic E-state index is -1.18. The summed E-state index contributed by atoms with van der Waals surface area (Å²) in [6.45, 7) is -0.917. The van der Waals surface area contributed by atoms with Crippen LogP contribution in [0.2, 0.25) is 5.02 Å². The Bertz CT molecular complexity index is 1090. The van der Waals surface area contributed by atoms with Crippen LogP contribution >= 0.6 is 11.6 Å². The lowest BCUT2D eigenvalue weighted by molar-refractivity contribution is -0.385. The van der Waals surface area contributed by atoms with Crippen LogP contribution in [0.25, 0.3) is 0 Å². The van der Waals surface area contributed by atoms with Gasteiger partial charge in [-0.05, 0) is 12.1 Å². The molecule has 1 aromatic heterocycles. The summed E-state index contributed by atoms with van der Waals surface area (Å²) in [4.78, 5) is 58.4. The SMILES string of the molecule is Cn1c(N)c(C(=O)COC(=O)c2cc(Cl)ccc2[N+](=O)[O-])c(=O)n(C)c1=O. The van der Waals surface area contributed by atoms with Gasteiger partial charge in [-0.1, -0.05) is 11.6 Å². The predicted molar refractivity (Wildman–Crippen MR) is 94.1 cm³/mol. The van der Waals surface area contributed by atoms with E-state index >= 15 is 0 Å². The highest BCUT2D eigenvalue weighted by Crippen LogP contribution is 2.23. The van der Waals surface area contributed by atoms with E-state index in [1.807, 2.05) is 0 Å². The molecule has 142 valence electrons. The van der Waals surface area contributed by atoms with Crippen molar-refractivity contribution in [3.8, 4) is 0 Å². The maximum atomic E-state index is 12.3. The number of hydrogen-bond donors (Lipinski definition) is 1. The molecule has 12 heteroatoms. The van der Waals surface area contributed by atoms with Crippen LogP contribution in [0.15, 0.2) is 27.8 Å². The van der Waals surface area contributed by atoms with E-state index in [-0.39, 0.29) is 5.02 Å². The van der Waals surface area contributed by atoms with Crippen molar-refractivity contribution in [1.29, 1.82) is 0 Å². The monoisotopic (exact) mass is 396 g/mol. The number of ketones is 1. The molecule has 0 saturated heterocycles. The standard InChI is InChI=1S/C15H13ClN4O7/c1-18-12(17)11(13(22)19(2)15(18)24)10(21)6-27-14(23)8-5-7(16)3-4-9(8)20(25)26/h3-5H,6,17H2,1-2H3. The molecular formula is C15H13ClN4O7. The molecule has 0 fully saturated rings. The zero-order chi connectivity index (χ0) is 20.5. The van der Waals surface area contributed by atoms with E-state index in [2.05, 4.69) is 0 Å². The quantitative estimate of drug-likeness (QED) is 0.326. The average Bonchev–Trinajstić information content (AvgIpc) is 2.62. The Morgan fingerprint density at radius 1 is 1.26 bits per heavy atom. The predicted octanol–water partition coefficient (Wildman–Crippen LogP) is 0.267. The number of esters is 1. The van der Waals surface area contributed by atoms with Gasteiger partial charge in [0.05, 0.1) is 4.92 Å². The molecule has 0 aliphatic carbocycles. The second-order valence-electron chi connectivity index (χ2n) is 5.38. The van der Waals surface area contributed by atoms with Crippen molar-refractivity contribution >= 4 is 34.9 Å². The molecular weight excluding hydrogens is 384 g/mol. The number of hydrogen-bond acceptors (Lipinski definition) is 8. The summed E-state index contributed by atoms with van der Waals surface area (Å²) in [7, 11) is 2.41. The Kier molecular flexibility index (Phi) is 5.45. The van der Waals surface area contributed by atoms with Crippen molar-refractivity contribution in [2.75, 3.05) is 12.3 Å². The van der Waals surface area contributed by atoms with Gasteiger partial charge in [0.1, 0.15) is 16.9 Å². The minimum absolute atomic E-state index is 0.0510. The molecule has 0 unspecified atom stereocenters. The summed E-state index contributed by atoms with van der Waals surface area (Å²) in [6.07, 6.45) is 0. The summed E-state index contributed by atoms with van der Waals surface area (Å²) in [5.74, 6) is -2.54. The van der Waals surface area contributed by atoms with E-state index in [0.717, 1.165) is 23.7 Å². The van der Waals surface area contributed by atoms with Gasteiger partial charge in [0.2, 0.25) is 5.78 Å². The van der Waals surface area contributed by atoms with Gasteiger partial charge in [0, 0.05) is 25.2 Å². The Balaban J connectivity index is 2.31. The molecule has 27 heavy (non-hydrogen) atoms. The zero-order valence-electron chi connectivity index (χ0n) is 14.1. The Morgan fingerprint density at radius 2 is 1.89 bits per heavy atom. The molecule has 2 N–H and O–H groups in total. The van der Waals surface area contributed by atoms with Crippen molar-refractivity contribution in [3.63, 3.8) is 0 Å². The number of halogens is 1. The van der Waals surface area contributed by atoms with E-state index in [9.17, 15) is 29.3 Å². The summed E-state index contributed by atoms with van der Waals surface area (Å²) in [5.41, 5.74) is 2.40. The van der Waals surface area contributed by atoms with Crippen molar-refractivity contribution < 1.29 is 19.2 Å². The highest BCUT2D eigenvalue weighted by Gasteiger charge is 2.25. The normalized spacial score (nSPS) is 10.5. The lowest BCUT2D eigenvalue weighted by Crippen LogP contribution is -2.42. The van der Waals surface area contributed by atoms with Gasteiger partial charge in [-0.15, -0.1) is 0 Å². The first-order valence-electron chi connectivity index (χ1n) is 7.26. The van der Waals surface area contributed by atoms with Crippen LogP contribution in [0.1, 0.15) is 20.7 Å². The number of nitrogen functional groups attached to an aromatic ring is 1. The highest BCUT2D eigenvalue weighted by atomic mass is 35.5. The molecule has 11 nitrogen and oxygen atoms in total. The highest BCUT2D eigenvalue weighted by molar-refractivity contribution is 6.31. The molecule has 0 bridgehead atoms. The first-order valence-corrected chi connectivity index (χ1v) is 7.63. The largest absolute Gasteiger partial charge is 0.453 e. The van der Waals surface area contributed by atoms with E-state index < -0.39 is 57.2 Å². The first kappa shape index (κ1) is 19.8. The molecule has 0 amide bonds. The average molecular weight is 397 g/mol. The Labute approximate surface area is 155 Å². The number of carbonyl (C=O) groups excluding carboxylic acids is 2. The fraction of sp³-hybridized carbons (Fsp3) is 0.200. The summed E-state index contributed by atoms with van der Waals surface area (Å²) in [5, 5.41) is 11.0. The Morgan fingerprint density at radius 3 is 2.48 bits per heavy atom. The fourth-order valence-electron chi connectivity index (χ4n) is 2.23. The van der Waals surface area contributed by atoms with Crippen LogP contribution in [0.5, 0.6) is 0 Å². The third-order valence-electron chi connectivity index (χ3n) is 3.70. The summed E-state index contributed by atoms with van der Waals surface area (Å²) >= 11 is 5.73. The number of nitrogens with two attached hydrogens (primary N) is 1. The molecule has 0 atom stereocenters. The second kappa shape index (κ2) is 7.41. The molecule has 0 spiro atoms. The number of anilines is 1. The van der Waals surface area contributed by atoms with Gasteiger partial charge >= 0.3 is 11.7 Å². The van der Waals surface area contributed by atoms with Gasteiger partial charge in [-0.25, -0.2) is 9.59 Å². The van der Waals surface area contributed by atoms with Gasteiger partial charge in [-0.3, -0.25) is 28.8 Å². The van der Waals surface area contributed by atoms with Gasteiger partial charge in [0.25, 0.3) is 11.2 Å². The van der Waals surface area contributed by atoms with Crippen LogP contribution in [-0.2, 0) is 18.8 Å². The lowest BCUT2D eigenvalue weighted by atomic mass is 10.2. The molecule has 1 heterocycles. The second-order valence-corrected chi connectivity index (χ2v) is 5.82. The van der Waals surface area contributed by atoms with Crippen molar-refractivity contribution in [3.05, 3.63) is 65.3 Å². The lowest BCUT2D eigenvalue weighted by Gasteiger charge is -2.11. The molecule has 2 rings (SSSR count). The zero-order valence-corrected chi connectivity index (χ0v) is 14.8. The topological polar surface area (TPSA) is 157 Å². The molecule has 1 aromatic carbocycles. The molecule has 0 radical (unpaired) electrons. The third kappa shape index (κ3) is 3.72. The van der Waals surface area contributed by atoms with Crippen molar-refractivity contribution in [2.24, 2.45) is 14.1 Å². The maximum Gasteiger partial charge on any atom is 0.345 e. The smallest absolute Gasteiger partial charge is 0.345 e. The van der Waals surface area contributed by atoms with Crippen LogP contribution < -0.4 is 17.0 Å². The third-order valence-corrected chi connectivity index (χ3v) is 3.93. The van der Waals surface area contributed by atoms with Gasteiger partial charge in [0.15, 0.2) is 6.61 Å². The molecule has 2 aromatic rings. The maximum absolute atomic E-state index is 12.3. The fourth-order valence-corrected chi connectivity index (χ4v) is 2.41.